The third kappa shape index (κ3) is 4.59. The number of aryl methyl sites for hydroxylation is 1. The molecular weight excluding hydrogens is 402 g/mol. The van der Waals surface area contributed by atoms with E-state index in [9.17, 15) is 23.3 Å². The number of nitro benzene ring substituents is 1. The highest BCUT2D eigenvalue weighted by Crippen LogP contribution is 2.26. The van der Waals surface area contributed by atoms with E-state index in [1.54, 1.807) is 29.6 Å². The van der Waals surface area contributed by atoms with Crippen LogP contribution in [-0.2, 0) is 14.6 Å². The van der Waals surface area contributed by atoms with Gasteiger partial charge in [-0.3, -0.25) is 14.9 Å². The molecule has 1 aromatic heterocycles. The molecule has 3 aromatic rings. The molecule has 0 aliphatic heterocycles. The zero-order chi connectivity index (χ0) is 20.3. The van der Waals surface area contributed by atoms with E-state index in [-0.39, 0.29) is 15.7 Å². The van der Waals surface area contributed by atoms with E-state index in [2.05, 4.69) is 10.3 Å². The Kier molecular flexibility index (Phi) is 5.52. The van der Waals surface area contributed by atoms with Crippen molar-refractivity contribution in [3.8, 4) is 11.3 Å². The van der Waals surface area contributed by atoms with Crippen LogP contribution >= 0.6 is 11.3 Å². The number of nitrogens with one attached hydrogen (secondary N) is 1. The molecule has 1 N–H and O–H groups in total. The van der Waals surface area contributed by atoms with Gasteiger partial charge < -0.3 is 5.32 Å². The van der Waals surface area contributed by atoms with Gasteiger partial charge in [0.05, 0.1) is 15.5 Å². The first-order chi connectivity index (χ1) is 13.2. The van der Waals surface area contributed by atoms with Crippen LogP contribution in [0.25, 0.3) is 11.3 Å². The Morgan fingerprint density at radius 2 is 1.79 bits per heavy atom. The van der Waals surface area contributed by atoms with Gasteiger partial charge in [0.2, 0.25) is 5.91 Å². The zero-order valence-corrected chi connectivity index (χ0v) is 16.3. The van der Waals surface area contributed by atoms with Gasteiger partial charge in [-0.05, 0) is 31.2 Å². The number of hydrogen-bond acceptors (Lipinski definition) is 7. The van der Waals surface area contributed by atoms with Gasteiger partial charge >= 0.3 is 0 Å². The van der Waals surface area contributed by atoms with Crippen LogP contribution < -0.4 is 5.32 Å². The number of amides is 1. The second kappa shape index (κ2) is 7.87. The molecule has 0 spiro atoms. The predicted molar refractivity (Wildman–Crippen MR) is 106 cm³/mol. The van der Waals surface area contributed by atoms with E-state index >= 15 is 0 Å². The molecule has 144 valence electrons. The van der Waals surface area contributed by atoms with Crippen LogP contribution in [0.4, 0.5) is 10.8 Å². The molecule has 0 atom stereocenters. The van der Waals surface area contributed by atoms with E-state index in [4.69, 9.17) is 0 Å². The number of nitrogens with zero attached hydrogens (tertiary/aromatic N) is 2. The molecule has 0 unspecified atom stereocenters. The summed E-state index contributed by atoms with van der Waals surface area (Å²) >= 11 is 1.14. The summed E-state index contributed by atoms with van der Waals surface area (Å²) in [6, 6.07) is 12.1. The summed E-state index contributed by atoms with van der Waals surface area (Å²) in [7, 11) is -3.75. The second-order valence-corrected chi connectivity index (χ2v) is 8.81. The average Bonchev–Trinajstić information content (AvgIpc) is 3.10. The Bertz CT molecular complexity index is 1120. The third-order valence-corrected chi connectivity index (χ3v) is 6.22. The van der Waals surface area contributed by atoms with E-state index in [0.29, 0.717) is 11.3 Å². The van der Waals surface area contributed by atoms with Crippen molar-refractivity contribution >= 4 is 37.9 Å². The third-order valence-electron chi connectivity index (χ3n) is 3.83. The van der Waals surface area contributed by atoms with Gasteiger partial charge in [0.1, 0.15) is 5.75 Å². The Morgan fingerprint density at radius 3 is 2.39 bits per heavy atom. The van der Waals surface area contributed by atoms with E-state index in [1.807, 2.05) is 6.92 Å². The highest BCUT2D eigenvalue weighted by atomic mass is 32.2. The summed E-state index contributed by atoms with van der Waals surface area (Å²) in [6.45, 7) is 1.84. The first-order valence-electron chi connectivity index (χ1n) is 8.04. The van der Waals surface area contributed by atoms with Gasteiger partial charge in [-0.1, -0.05) is 17.7 Å². The van der Waals surface area contributed by atoms with Crippen molar-refractivity contribution in [3.63, 3.8) is 0 Å². The highest BCUT2D eigenvalue weighted by Gasteiger charge is 2.20. The lowest BCUT2D eigenvalue weighted by atomic mass is 10.1. The van der Waals surface area contributed by atoms with E-state index in [0.717, 1.165) is 16.9 Å². The summed E-state index contributed by atoms with van der Waals surface area (Å²) in [5.74, 6) is -1.38. The summed E-state index contributed by atoms with van der Waals surface area (Å²) in [5, 5.41) is 15.1. The van der Waals surface area contributed by atoms with Crippen LogP contribution in [-0.4, -0.2) is 30.0 Å². The van der Waals surface area contributed by atoms with Crippen molar-refractivity contribution in [2.75, 3.05) is 11.1 Å². The first kappa shape index (κ1) is 19.6. The van der Waals surface area contributed by atoms with Crippen LogP contribution in [0.5, 0.6) is 0 Å². The molecule has 8 nitrogen and oxygen atoms in total. The normalized spacial score (nSPS) is 11.2. The van der Waals surface area contributed by atoms with Gasteiger partial charge in [-0.25, -0.2) is 13.4 Å². The first-order valence-corrected chi connectivity index (χ1v) is 10.6. The smallest absolute Gasteiger partial charge is 0.269 e. The molecule has 0 fully saturated rings. The van der Waals surface area contributed by atoms with E-state index in [1.165, 1.54) is 24.3 Å². The van der Waals surface area contributed by atoms with Crippen LogP contribution in [0.15, 0.2) is 58.8 Å². The molecule has 0 aliphatic rings. The molecule has 28 heavy (non-hydrogen) atoms. The van der Waals surface area contributed by atoms with Gasteiger partial charge in [0, 0.05) is 23.1 Å². The average molecular weight is 417 g/mol. The molecule has 0 aliphatic carbocycles. The number of carbonyl (C=O) groups is 1. The Morgan fingerprint density at radius 1 is 1.14 bits per heavy atom. The molecule has 0 saturated heterocycles. The molecule has 0 saturated carbocycles. The van der Waals surface area contributed by atoms with Crippen LogP contribution in [0.1, 0.15) is 5.56 Å². The molecule has 2 aromatic carbocycles. The highest BCUT2D eigenvalue weighted by molar-refractivity contribution is 7.92. The number of sulfone groups is 1. The fraction of sp³-hybridized carbons (Fsp3) is 0.111. The number of aromatic nitrogens is 1. The standard InChI is InChI=1S/C18H15N3O5S2/c1-12-2-8-15(9-3-12)28(25,26)11-17(22)20-18-19-16(10-27-18)13-4-6-14(7-5-13)21(23)24/h2-10H,11H2,1H3,(H,19,20,22). The number of thiazole rings is 1. The van der Waals surface area contributed by atoms with Crippen LogP contribution in [0.2, 0.25) is 0 Å². The zero-order valence-electron chi connectivity index (χ0n) is 14.7. The molecule has 1 amide bonds. The molecule has 3 rings (SSSR count). The summed E-state index contributed by atoms with van der Waals surface area (Å²) < 4.78 is 24.6. The molecule has 0 radical (unpaired) electrons. The van der Waals surface area contributed by atoms with Gasteiger partial charge in [0.25, 0.3) is 5.69 Å². The van der Waals surface area contributed by atoms with E-state index < -0.39 is 26.4 Å². The lowest BCUT2D eigenvalue weighted by molar-refractivity contribution is -0.384. The minimum absolute atomic E-state index is 0.0335. The molecule has 10 heteroatoms. The van der Waals surface area contributed by atoms with Gasteiger partial charge in [-0.15, -0.1) is 11.3 Å². The second-order valence-electron chi connectivity index (χ2n) is 5.96. The maximum Gasteiger partial charge on any atom is 0.269 e. The minimum Gasteiger partial charge on any atom is -0.301 e. The number of hydrogen-bond donors (Lipinski definition) is 1. The minimum atomic E-state index is -3.75. The largest absolute Gasteiger partial charge is 0.301 e. The number of rotatable bonds is 6. The molecule has 1 heterocycles. The lowest BCUT2D eigenvalue weighted by Crippen LogP contribution is -2.22. The van der Waals surface area contributed by atoms with Crippen molar-refractivity contribution in [2.45, 2.75) is 11.8 Å². The van der Waals surface area contributed by atoms with Crippen LogP contribution in [0, 0.1) is 17.0 Å². The summed E-state index contributed by atoms with van der Waals surface area (Å²) in [4.78, 5) is 26.7. The number of carbonyl (C=O) groups excluding carboxylic acids is 1. The number of anilines is 1. The predicted octanol–water partition coefficient (Wildman–Crippen LogP) is 3.44. The van der Waals surface area contributed by atoms with Gasteiger partial charge in [0.15, 0.2) is 15.0 Å². The number of benzene rings is 2. The lowest BCUT2D eigenvalue weighted by Gasteiger charge is -2.05. The quantitative estimate of drug-likeness (QED) is 0.485. The summed E-state index contributed by atoms with van der Waals surface area (Å²) in [6.07, 6.45) is 0. The maximum atomic E-state index is 12.3. The Hall–Kier alpha value is -3.11. The fourth-order valence-corrected chi connectivity index (χ4v) is 4.25. The molecule has 0 bridgehead atoms. The monoisotopic (exact) mass is 417 g/mol. The number of nitro groups is 1. The Balaban J connectivity index is 1.68. The van der Waals surface area contributed by atoms with Crippen molar-refractivity contribution in [1.29, 1.82) is 0 Å². The van der Waals surface area contributed by atoms with Crippen LogP contribution in [0.3, 0.4) is 0 Å². The van der Waals surface area contributed by atoms with Crippen molar-refractivity contribution < 1.29 is 18.1 Å². The summed E-state index contributed by atoms with van der Waals surface area (Å²) in [5.41, 5.74) is 2.06. The fourth-order valence-electron chi connectivity index (χ4n) is 2.37. The van der Waals surface area contributed by atoms with Gasteiger partial charge in [-0.2, -0.15) is 0 Å². The van der Waals surface area contributed by atoms with Crippen molar-refractivity contribution in [3.05, 3.63) is 69.6 Å². The number of non-ortho nitro benzene ring substituents is 1. The van der Waals surface area contributed by atoms with Crippen molar-refractivity contribution in [2.24, 2.45) is 0 Å². The maximum absolute atomic E-state index is 12.3. The SMILES string of the molecule is Cc1ccc(S(=O)(=O)CC(=O)Nc2nc(-c3ccc([N+](=O)[O-])cc3)cs2)cc1. The topological polar surface area (TPSA) is 119 Å². The Labute approximate surface area is 164 Å². The van der Waals surface area contributed by atoms with Crippen molar-refractivity contribution in [1.82, 2.24) is 4.98 Å². The molecular formula is C18H15N3O5S2.